The lowest BCUT2D eigenvalue weighted by Gasteiger charge is -2.15. The molecule has 0 unspecified atom stereocenters. The molecule has 0 aliphatic rings. The Bertz CT molecular complexity index is 695. The number of ether oxygens (including phenoxy) is 6. The van der Waals surface area contributed by atoms with Crippen LogP contribution in [0.1, 0.15) is 11.1 Å². The fraction of sp³-hybridized carbons (Fsp3) is 0.455. The fourth-order valence-corrected chi connectivity index (χ4v) is 3.12. The summed E-state index contributed by atoms with van der Waals surface area (Å²) in [6.45, 7) is 2.95. The highest BCUT2D eigenvalue weighted by molar-refractivity contribution is 5.54. The van der Waals surface area contributed by atoms with Crippen molar-refractivity contribution in [3.8, 4) is 34.5 Å². The molecule has 30 heavy (non-hydrogen) atoms. The molecule has 0 radical (unpaired) electrons. The first-order valence-corrected chi connectivity index (χ1v) is 9.60. The fourth-order valence-electron chi connectivity index (χ4n) is 3.12. The Balaban J connectivity index is 1.85. The molecule has 2 N–H and O–H groups in total. The summed E-state index contributed by atoms with van der Waals surface area (Å²) in [6.07, 6.45) is 0. The van der Waals surface area contributed by atoms with E-state index in [0.717, 1.165) is 24.2 Å². The van der Waals surface area contributed by atoms with E-state index < -0.39 is 0 Å². The van der Waals surface area contributed by atoms with Gasteiger partial charge in [0, 0.05) is 26.2 Å². The van der Waals surface area contributed by atoms with E-state index in [-0.39, 0.29) is 0 Å². The molecule has 2 aromatic carbocycles. The van der Waals surface area contributed by atoms with Crippen LogP contribution < -0.4 is 39.1 Å². The molecule has 0 aliphatic carbocycles. The second kappa shape index (κ2) is 12.0. The lowest BCUT2D eigenvalue weighted by atomic mass is 10.1. The smallest absolute Gasteiger partial charge is 0.203 e. The van der Waals surface area contributed by atoms with Crippen molar-refractivity contribution in [1.29, 1.82) is 0 Å². The van der Waals surface area contributed by atoms with Gasteiger partial charge in [-0.05, 0) is 35.4 Å². The Labute approximate surface area is 178 Å². The van der Waals surface area contributed by atoms with E-state index in [9.17, 15) is 0 Å². The number of benzene rings is 2. The molecule has 0 saturated carbocycles. The third kappa shape index (κ3) is 5.84. The maximum atomic E-state index is 5.39. The zero-order valence-corrected chi connectivity index (χ0v) is 18.6. The monoisotopic (exact) mass is 420 g/mol. The lowest BCUT2D eigenvalue weighted by molar-refractivity contribution is 0.323. The van der Waals surface area contributed by atoms with Crippen molar-refractivity contribution in [1.82, 2.24) is 10.6 Å². The van der Waals surface area contributed by atoms with E-state index >= 15 is 0 Å². The van der Waals surface area contributed by atoms with Crippen LogP contribution >= 0.6 is 0 Å². The molecule has 0 bridgehead atoms. The molecule has 0 spiro atoms. The molecular weight excluding hydrogens is 388 g/mol. The average Bonchev–Trinajstić information content (AvgIpc) is 2.79. The summed E-state index contributed by atoms with van der Waals surface area (Å²) in [5, 5.41) is 6.82. The third-order valence-corrected chi connectivity index (χ3v) is 4.59. The van der Waals surface area contributed by atoms with Crippen LogP contribution in [0.25, 0.3) is 0 Å². The molecule has 166 valence electrons. The van der Waals surface area contributed by atoms with Gasteiger partial charge in [0.1, 0.15) is 0 Å². The minimum Gasteiger partial charge on any atom is -0.493 e. The van der Waals surface area contributed by atoms with Crippen LogP contribution in [0, 0.1) is 0 Å². The Kier molecular flexibility index (Phi) is 9.37. The highest BCUT2D eigenvalue weighted by Crippen LogP contribution is 2.39. The third-order valence-electron chi connectivity index (χ3n) is 4.59. The van der Waals surface area contributed by atoms with Crippen LogP contribution in [-0.2, 0) is 13.1 Å². The highest BCUT2D eigenvalue weighted by Gasteiger charge is 2.14. The topological polar surface area (TPSA) is 79.4 Å². The molecule has 2 rings (SSSR count). The largest absolute Gasteiger partial charge is 0.493 e. The molecule has 8 heteroatoms. The van der Waals surface area contributed by atoms with Gasteiger partial charge in [0.2, 0.25) is 11.5 Å². The van der Waals surface area contributed by atoms with Gasteiger partial charge >= 0.3 is 0 Å². The van der Waals surface area contributed by atoms with E-state index in [1.807, 2.05) is 24.3 Å². The minimum atomic E-state index is 0.593. The summed E-state index contributed by atoms with van der Waals surface area (Å²) >= 11 is 0. The van der Waals surface area contributed by atoms with E-state index in [1.54, 1.807) is 42.7 Å². The normalized spacial score (nSPS) is 10.5. The van der Waals surface area contributed by atoms with Gasteiger partial charge in [-0.2, -0.15) is 0 Å². The van der Waals surface area contributed by atoms with Gasteiger partial charge in [-0.1, -0.05) is 0 Å². The summed E-state index contributed by atoms with van der Waals surface area (Å²) in [6, 6.07) is 7.77. The summed E-state index contributed by atoms with van der Waals surface area (Å²) < 4.78 is 32.3. The Morgan fingerprint density at radius 3 is 1.03 bits per heavy atom. The SMILES string of the molecule is COc1cc(CNCCNCc2cc(OC)c(OC)c(OC)c2)cc(OC)c1OC. The minimum absolute atomic E-state index is 0.593. The lowest BCUT2D eigenvalue weighted by Crippen LogP contribution is -2.26. The van der Waals surface area contributed by atoms with Crippen molar-refractivity contribution in [3.63, 3.8) is 0 Å². The molecule has 2 aromatic rings. The second-order valence-corrected chi connectivity index (χ2v) is 6.42. The Morgan fingerprint density at radius 2 is 0.800 bits per heavy atom. The summed E-state index contributed by atoms with van der Waals surface area (Å²) in [4.78, 5) is 0. The molecule has 0 saturated heterocycles. The van der Waals surface area contributed by atoms with Crippen LogP contribution in [0.4, 0.5) is 0 Å². The van der Waals surface area contributed by atoms with Gasteiger partial charge in [0.25, 0.3) is 0 Å². The molecule has 8 nitrogen and oxygen atoms in total. The van der Waals surface area contributed by atoms with Gasteiger partial charge in [-0.25, -0.2) is 0 Å². The van der Waals surface area contributed by atoms with Crippen LogP contribution in [0.3, 0.4) is 0 Å². The number of methoxy groups -OCH3 is 6. The van der Waals surface area contributed by atoms with Crippen molar-refractivity contribution >= 4 is 0 Å². The molecule has 0 amide bonds. The van der Waals surface area contributed by atoms with Crippen molar-refractivity contribution in [2.24, 2.45) is 0 Å². The van der Waals surface area contributed by atoms with E-state index in [2.05, 4.69) is 10.6 Å². The number of hydrogen-bond acceptors (Lipinski definition) is 8. The quantitative estimate of drug-likeness (QED) is 0.479. The molecule has 0 fully saturated rings. The Hall–Kier alpha value is -2.84. The maximum absolute atomic E-state index is 5.39. The molecule has 0 heterocycles. The standard InChI is InChI=1S/C22H32N2O6/c1-25-17-9-15(10-18(26-2)21(17)29-5)13-23-7-8-24-14-16-11-19(27-3)22(30-6)20(12-16)28-4/h9-12,23-24H,7-8,13-14H2,1-6H3. The van der Waals surface area contributed by atoms with Gasteiger partial charge in [0.05, 0.1) is 42.7 Å². The first kappa shape index (κ1) is 23.4. The molecule has 0 atom stereocenters. The van der Waals surface area contributed by atoms with Gasteiger partial charge in [0.15, 0.2) is 23.0 Å². The zero-order valence-electron chi connectivity index (χ0n) is 18.6. The number of rotatable bonds is 13. The van der Waals surface area contributed by atoms with Crippen molar-refractivity contribution in [2.75, 3.05) is 55.7 Å². The van der Waals surface area contributed by atoms with Crippen molar-refractivity contribution in [2.45, 2.75) is 13.1 Å². The van der Waals surface area contributed by atoms with Crippen LogP contribution in [-0.4, -0.2) is 55.7 Å². The van der Waals surface area contributed by atoms with Gasteiger partial charge in [-0.15, -0.1) is 0 Å². The first-order chi connectivity index (χ1) is 14.6. The zero-order chi connectivity index (χ0) is 21.9. The second-order valence-electron chi connectivity index (χ2n) is 6.42. The predicted molar refractivity (Wildman–Crippen MR) is 116 cm³/mol. The van der Waals surface area contributed by atoms with Crippen molar-refractivity contribution in [3.05, 3.63) is 35.4 Å². The van der Waals surface area contributed by atoms with E-state index in [4.69, 9.17) is 28.4 Å². The molecular formula is C22H32N2O6. The number of hydrogen-bond donors (Lipinski definition) is 2. The van der Waals surface area contributed by atoms with Crippen molar-refractivity contribution < 1.29 is 28.4 Å². The first-order valence-electron chi connectivity index (χ1n) is 9.60. The highest BCUT2D eigenvalue weighted by atomic mass is 16.5. The Morgan fingerprint density at radius 1 is 0.500 bits per heavy atom. The predicted octanol–water partition coefficient (Wildman–Crippen LogP) is 2.62. The van der Waals surface area contributed by atoms with Gasteiger partial charge in [-0.3, -0.25) is 0 Å². The number of nitrogens with one attached hydrogen (secondary N) is 2. The van der Waals surface area contributed by atoms with E-state index in [0.29, 0.717) is 47.6 Å². The maximum Gasteiger partial charge on any atom is 0.203 e. The average molecular weight is 421 g/mol. The molecule has 0 aliphatic heterocycles. The molecule has 0 aromatic heterocycles. The van der Waals surface area contributed by atoms with Crippen LogP contribution in [0.5, 0.6) is 34.5 Å². The van der Waals surface area contributed by atoms with Crippen LogP contribution in [0.15, 0.2) is 24.3 Å². The summed E-state index contributed by atoms with van der Waals surface area (Å²) in [7, 11) is 9.64. The van der Waals surface area contributed by atoms with E-state index in [1.165, 1.54) is 0 Å². The van der Waals surface area contributed by atoms with Gasteiger partial charge < -0.3 is 39.1 Å². The van der Waals surface area contributed by atoms with Crippen LogP contribution in [0.2, 0.25) is 0 Å². The summed E-state index contributed by atoms with van der Waals surface area (Å²) in [5.41, 5.74) is 2.10. The summed E-state index contributed by atoms with van der Waals surface area (Å²) in [5.74, 6) is 3.78.